The molecule has 0 unspecified atom stereocenters. The van der Waals surface area contributed by atoms with Crippen LogP contribution < -0.4 is 4.74 Å². The number of ether oxygens (including phenoxy) is 1. The van der Waals surface area contributed by atoms with Gasteiger partial charge in [-0.3, -0.25) is 4.57 Å². The van der Waals surface area contributed by atoms with E-state index in [-0.39, 0.29) is 11.4 Å². The topological polar surface area (TPSA) is 70.2 Å². The molecule has 1 aromatic heterocycles. The van der Waals surface area contributed by atoms with Crippen LogP contribution in [0.25, 0.3) is 0 Å². The van der Waals surface area contributed by atoms with Gasteiger partial charge in [-0.25, -0.2) is 0 Å². The zero-order valence-electron chi connectivity index (χ0n) is 11.6. The summed E-state index contributed by atoms with van der Waals surface area (Å²) in [5.41, 5.74) is -0.260. The van der Waals surface area contributed by atoms with E-state index in [4.69, 9.17) is 4.74 Å². The van der Waals surface area contributed by atoms with Crippen LogP contribution in [-0.2, 0) is 6.54 Å². The van der Waals surface area contributed by atoms with Gasteiger partial charge in [-0.1, -0.05) is 32.6 Å². The number of nitrogens with zero attached hydrogens (tertiary/aromatic N) is 3. The van der Waals surface area contributed by atoms with Gasteiger partial charge in [0.15, 0.2) is 0 Å². The van der Waals surface area contributed by atoms with Crippen LogP contribution in [0.3, 0.4) is 0 Å². The van der Waals surface area contributed by atoms with E-state index in [1.807, 2.05) is 6.92 Å². The first kappa shape index (κ1) is 13.8. The highest BCUT2D eigenvalue weighted by Crippen LogP contribution is 2.33. The van der Waals surface area contributed by atoms with E-state index in [1.54, 1.807) is 4.57 Å². The second-order valence-electron chi connectivity index (χ2n) is 5.48. The molecule has 0 saturated heterocycles. The van der Waals surface area contributed by atoms with Crippen LogP contribution in [0.4, 0.5) is 5.82 Å². The van der Waals surface area contributed by atoms with Crippen molar-refractivity contribution in [3.8, 4) is 6.01 Å². The summed E-state index contributed by atoms with van der Waals surface area (Å²) in [7, 11) is 0. The summed E-state index contributed by atoms with van der Waals surface area (Å²) in [6.45, 7) is 4.90. The first-order chi connectivity index (χ1) is 9.04. The Morgan fingerprint density at radius 2 is 2.21 bits per heavy atom. The Balaban J connectivity index is 1.84. The third-order valence-corrected chi connectivity index (χ3v) is 3.57. The van der Waals surface area contributed by atoms with E-state index in [9.17, 15) is 10.1 Å². The SMILES string of the molecule is CCCCCCC[C@]1(C)Cn2cc([N+](=O)[O-])nc2O1. The summed E-state index contributed by atoms with van der Waals surface area (Å²) in [6.07, 6.45) is 8.56. The van der Waals surface area contributed by atoms with E-state index in [0.29, 0.717) is 12.6 Å². The van der Waals surface area contributed by atoms with E-state index < -0.39 is 4.92 Å². The normalized spacial score (nSPS) is 21.2. The van der Waals surface area contributed by atoms with E-state index in [0.717, 1.165) is 12.8 Å². The summed E-state index contributed by atoms with van der Waals surface area (Å²) in [5.74, 6) is -0.139. The Bertz CT molecular complexity index is 432. The van der Waals surface area contributed by atoms with Crippen molar-refractivity contribution < 1.29 is 9.66 Å². The molecule has 19 heavy (non-hydrogen) atoms. The van der Waals surface area contributed by atoms with Crippen LogP contribution in [0.5, 0.6) is 6.01 Å². The third-order valence-electron chi connectivity index (χ3n) is 3.57. The Hall–Kier alpha value is -1.59. The fraction of sp³-hybridized carbons (Fsp3) is 0.769. The van der Waals surface area contributed by atoms with Crippen LogP contribution >= 0.6 is 0 Å². The molecule has 0 saturated carbocycles. The van der Waals surface area contributed by atoms with Gasteiger partial charge in [-0.05, 0) is 24.7 Å². The molecule has 0 spiro atoms. The van der Waals surface area contributed by atoms with Gasteiger partial charge < -0.3 is 14.9 Å². The molecular weight excluding hydrogens is 246 g/mol. The van der Waals surface area contributed by atoms with Gasteiger partial charge in [0.25, 0.3) is 0 Å². The molecule has 0 aromatic carbocycles. The van der Waals surface area contributed by atoms with Crippen LogP contribution in [-0.4, -0.2) is 20.1 Å². The number of hydrogen-bond acceptors (Lipinski definition) is 4. The molecule has 1 aliphatic rings. The largest absolute Gasteiger partial charge is 0.438 e. The number of aromatic nitrogens is 2. The highest BCUT2D eigenvalue weighted by Gasteiger charge is 2.39. The molecular formula is C13H21N3O3. The smallest absolute Gasteiger partial charge is 0.414 e. The van der Waals surface area contributed by atoms with E-state index >= 15 is 0 Å². The fourth-order valence-electron chi connectivity index (χ4n) is 2.51. The summed E-state index contributed by atoms with van der Waals surface area (Å²) >= 11 is 0. The van der Waals surface area contributed by atoms with Gasteiger partial charge in [0, 0.05) is 4.98 Å². The quantitative estimate of drug-likeness (QED) is 0.431. The minimum atomic E-state index is -0.489. The average Bonchev–Trinajstić information content (AvgIpc) is 2.84. The van der Waals surface area contributed by atoms with Crippen molar-refractivity contribution in [2.24, 2.45) is 0 Å². The number of fused-ring (bicyclic) bond motifs is 1. The van der Waals surface area contributed by atoms with Gasteiger partial charge in [-0.2, -0.15) is 0 Å². The lowest BCUT2D eigenvalue weighted by Gasteiger charge is -2.21. The monoisotopic (exact) mass is 267 g/mol. The molecule has 6 heteroatoms. The summed E-state index contributed by atoms with van der Waals surface area (Å²) in [4.78, 5) is 14.0. The standard InChI is InChI=1S/C13H21N3O3/c1-3-4-5-6-7-8-13(2)10-15-9-11(16(17)18)14-12(15)19-13/h9H,3-8,10H2,1-2H3/t13-/m1/s1. The lowest BCUT2D eigenvalue weighted by Crippen LogP contribution is -2.31. The number of hydrogen-bond donors (Lipinski definition) is 0. The van der Waals surface area contributed by atoms with Crippen LogP contribution in [0.1, 0.15) is 52.4 Å². The lowest BCUT2D eigenvalue weighted by molar-refractivity contribution is -0.389. The predicted molar refractivity (Wildman–Crippen MR) is 71.3 cm³/mol. The molecule has 0 radical (unpaired) electrons. The fourth-order valence-corrected chi connectivity index (χ4v) is 2.51. The first-order valence-corrected chi connectivity index (χ1v) is 6.95. The van der Waals surface area contributed by atoms with Crippen molar-refractivity contribution in [3.63, 3.8) is 0 Å². The van der Waals surface area contributed by atoms with Crippen molar-refractivity contribution in [3.05, 3.63) is 16.3 Å². The van der Waals surface area contributed by atoms with Gasteiger partial charge in [0.2, 0.25) is 0 Å². The lowest BCUT2D eigenvalue weighted by atomic mass is 9.98. The maximum atomic E-state index is 10.6. The Kier molecular flexibility index (Phi) is 4.07. The van der Waals surface area contributed by atoms with E-state index in [2.05, 4.69) is 11.9 Å². The Morgan fingerprint density at radius 3 is 2.84 bits per heavy atom. The highest BCUT2D eigenvalue weighted by atomic mass is 16.6. The molecule has 6 nitrogen and oxygen atoms in total. The number of rotatable bonds is 7. The molecule has 1 atom stereocenters. The summed E-state index contributed by atoms with van der Waals surface area (Å²) in [5, 5.41) is 10.6. The predicted octanol–water partition coefficient (Wildman–Crippen LogP) is 3.30. The van der Waals surface area contributed by atoms with Crippen LogP contribution in [0, 0.1) is 10.1 Å². The molecule has 106 valence electrons. The molecule has 1 aliphatic heterocycles. The second-order valence-corrected chi connectivity index (χ2v) is 5.48. The van der Waals surface area contributed by atoms with Crippen LogP contribution in [0.15, 0.2) is 6.20 Å². The van der Waals surface area contributed by atoms with Crippen molar-refractivity contribution >= 4 is 5.82 Å². The number of imidazole rings is 1. The van der Waals surface area contributed by atoms with Crippen molar-refractivity contribution in [1.82, 2.24) is 9.55 Å². The van der Waals surface area contributed by atoms with Gasteiger partial charge in [0.05, 0.1) is 6.54 Å². The molecule has 0 N–H and O–H groups in total. The summed E-state index contributed by atoms with van der Waals surface area (Å²) in [6, 6.07) is 0.378. The molecule has 0 fully saturated rings. The van der Waals surface area contributed by atoms with Crippen molar-refractivity contribution in [2.45, 2.75) is 64.5 Å². The molecule has 0 bridgehead atoms. The highest BCUT2D eigenvalue weighted by molar-refractivity contribution is 5.23. The zero-order valence-corrected chi connectivity index (χ0v) is 11.6. The molecule has 0 amide bonds. The zero-order chi connectivity index (χ0) is 13.9. The number of nitro groups is 1. The van der Waals surface area contributed by atoms with Crippen LogP contribution in [0.2, 0.25) is 0 Å². The van der Waals surface area contributed by atoms with Gasteiger partial charge in [0.1, 0.15) is 11.8 Å². The van der Waals surface area contributed by atoms with Gasteiger partial charge >= 0.3 is 11.8 Å². The Morgan fingerprint density at radius 1 is 1.47 bits per heavy atom. The first-order valence-electron chi connectivity index (χ1n) is 6.95. The summed E-state index contributed by atoms with van der Waals surface area (Å²) < 4.78 is 7.52. The third kappa shape index (κ3) is 3.24. The number of unbranched alkanes of at least 4 members (excludes halogenated alkanes) is 4. The van der Waals surface area contributed by atoms with Gasteiger partial charge in [-0.15, -0.1) is 0 Å². The average molecular weight is 267 g/mol. The maximum Gasteiger partial charge on any atom is 0.414 e. The minimum Gasteiger partial charge on any atom is -0.438 e. The maximum absolute atomic E-state index is 10.6. The van der Waals surface area contributed by atoms with Crippen molar-refractivity contribution in [1.29, 1.82) is 0 Å². The minimum absolute atomic E-state index is 0.139. The molecule has 1 aromatic rings. The Labute approximate surface area is 112 Å². The molecule has 0 aliphatic carbocycles. The van der Waals surface area contributed by atoms with Crippen molar-refractivity contribution in [2.75, 3.05) is 0 Å². The molecule has 2 rings (SSSR count). The van der Waals surface area contributed by atoms with E-state index in [1.165, 1.54) is 31.9 Å². The molecule has 2 heterocycles. The second kappa shape index (κ2) is 5.59.